The summed E-state index contributed by atoms with van der Waals surface area (Å²) in [5.74, 6) is -1.09. The van der Waals surface area contributed by atoms with E-state index in [1.165, 1.54) is 12.1 Å². The first-order valence-corrected chi connectivity index (χ1v) is 8.91. The molecule has 1 aliphatic carbocycles. The van der Waals surface area contributed by atoms with Crippen molar-refractivity contribution >= 4 is 17.8 Å². The molecule has 1 aliphatic heterocycles. The second-order valence-electron chi connectivity index (χ2n) is 7.19. The average Bonchev–Trinajstić information content (AvgIpc) is 2.81. The third-order valence-corrected chi connectivity index (χ3v) is 4.99. The predicted octanol–water partition coefficient (Wildman–Crippen LogP) is 0.126. The van der Waals surface area contributed by atoms with Gasteiger partial charge in [-0.15, -0.1) is 0 Å². The third kappa shape index (κ3) is 3.85. The summed E-state index contributed by atoms with van der Waals surface area (Å²) in [4.78, 5) is 37.9. The van der Waals surface area contributed by atoms with Crippen LogP contribution in [0.15, 0.2) is 24.3 Å². The molecular weight excluding hydrogens is 339 g/mol. The number of benzene rings is 1. The van der Waals surface area contributed by atoms with Gasteiger partial charge in [0.15, 0.2) is 6.54 Å². The Bertz CT molecular complexity index is 701. The van der Waals surface area contributed by atoms with E-state index in [1.54, 1.807) is 12.1 Å². The smallest absolute Gasteiger partial charge is 0.326 e. The minimum Gasteiger partial charge on any atom is -0.326 e. The first kappa shape index (κ1) is 18.3. The van der Waals surface area contributed by atoms with Crippen molar-refractivity contribution in [2.75, 3.05) is 13.6 Å². The number of hydrazine groups is 1. The Balaban J connectivity index is 1.54. The van der Waals surface area contributed by atoms with Crippen molar-refractivity contribution in [1.29, 1.82) is 0 Å². The number of nitrogens with one attached hydrogen (secondary N) is 3. The van der Waals surface area contributed by atoms with E-state index in [9.17, 15) is 18.8 Å². The zero-order valence-corrected chi connectivity index (χ0v) is 14.8. The lowest BCUT2D eigenvalue weighted by atomic mass is 9.82. The summed E-state index contributed by atoms with van der Waals surface area (Å²) in [6.07, 6.45) is 4.05. The highest BCUT2D eigenvalue weighted by molar-refractivity contribution is 6.08. The van der Waals surface area contributed by atoms with Crippen LogP contribution in [0.5, 0.6) is 0 Å². The summed E-state index contributed by atoms with van der Waals surface area (Å²) in [6, 6.07) is 5.52. The Morgan fingerprint density at radius 3 is 2.54 bits per heavy atom. The highest BCUT2D eigenvalue weighted by Crippen LogP contribution is 2.32. The summed E-state index contributed by atoms with van der Waals surface area (Å²) in [7, 11) is 1.82. The van der Waals surface area contributed by atoms with Crippen LogP contribution in [0.25, 0.3) is 0 Å². The number of rotatable bonds is 5. The first-order chi connectivity index (χ1) is 12.4. The van der Waals surface area contributed by atoms with Gasteiger partial charge in [-0.1, -0.05) is 31.4 Å². The van der Waals surface area contributed by atoms with Crippen LogP contribution in [0.3, 0.4) is 0 Å². The maximum atomic E-state index is 12.9. The molecule has 1 saturated heterocycles. The summed E-state index contributed by atoms with van der Waals surface area (Å²) in [5.41, 5.74) is 2.47. The van der Waals surface area contributed by atoms with Crippen molar-refractivity contribution in [3.05, 3.63) is 35.6 Å². The fourth-order valence-electron chi connectivity index (χ4n) is 3.67. The number of carbonyl (C=O) groups excluding carboxylic acids is 3. The summed E-state index contributed by atoms with van der Waals surface area (Å²) in [6.45, 7) is 0.610. The van der Waals surface area contributed by atoms with Gasteiger partial charge in [0.2, 0.25) is 0 Å². The Labute approximate surface area is 151 Å². The Morgan fingerprint density at radius 1 is 1.23 bits per heavy atom. The number of hydrogen-bond donors (Lipinski definition) is 3. The molecule has 1 atom stereocenters. The minimum absolute atomic E-state index is 0.0848. The summed E-state index contributed by atoms with van der Waals surface area (Å²) in [5, 5.41) is 3.57. The second kappa shape index (κ2) is 7.41. The zero-order chi connectivity index (χ0) is 18.7. The molecule has 0 aromatic heterocycles. The Morgan fingerprint density at radius 2 is 1.88 bits per heavy atom. The molecule has 2 aliphatic rings. The fraction of sp³-hybridized carbons (Fsp3) is 0.500. The third-order valence-electron chi connectivity index (χ3n) is 4.99. The number of halogens is 1. The van der Waals surface area contributed by atoms with Gasteiger partial charge in [-0.3, -0.25) is 15.0 Å². The van der Waals surface area contributed by atoms with Crippen molar-refractivity contribution in [1.82, 2.24) is 15.8 Å². The van der Waals surface area contributed by atoms with Crippen molar-refractivity contribution in [3.8, 4) is 0 Å². The Hall–Kier alpha value is -2.48. The van der Waals surface area contributed by atoms with Gasteiger partial charge in [-0.05, 0) is 25.0 Å². The number of quaternary nitrogens is 1. The molecule has 7 nitrogen and oxygen atoms in total. The van der Waals surface area contributed by atoms with Crippen molar-refractivity contribution in [2.45, 2.75) is 44.2 Å². The molecule has 1 saturated carbocycles. The molecule has 1 unspecified atom stereocenters. The van der Waals surface area contributed by atoms with Crippen molar-refractivity contribution < 1.29 is 23.7 Å². The van der Waals surface area contributed by atoms with Gasteiger partial charge < -0.3 is 10.2 Å². The van der Waals surface area contributed by atoms with Crippen LogP contribution in [-0.2, 0) is 16.1 Å². The monoisotopic (exact) mass is 363 g/mol. The van der Waals surface area contributed by atoms with E-state index in [0.717, 1.165) is 34.7 Å². The number of carbonyl (C=O) groups is 3. The lowest BCUT2D eigenvalue weighted by Gasteiger charge is -2.30. The quantitative estimate of drug-likeness (QED) is 0.650. The highest BCUT2D eigenvalue weighted by Gasteiger charge is 2.52. The van der Waals surface area contributed by atoms with Gasteiger partial charge >= 0.3 is 6.03 Å². The minimum atomic E-state index is -0.852. The average molecular weight is 363 g/mol. The van der Waals surface area contributed by atoms with Crippen LogP contribution < -0.4 is 15.6 Å². The lowest BCUT2D eigenvalue weighted by Crippen LogP contribution is -3.09. The molecule has 2 fully saturated rings. The molecule has 0 bridgehead atoms. The number of urea groups is 1. The number of amides is 4. The van der Waals surface area contributed by atoms with E-state index >= 15 is 0 Å². The van der Waals surface area contributed by atoms with E-state index in [0.29, 0.717) is 19.4 Å². The lowest BCUT2D eigenvalue weighted by molar-refractivity contribution is -0.885. The summed E-state index contributed by atoms with van der Waals surface area (Å²) < 4.78 is 12.9. The predicted molar refractivity (Wildman–Crippen MR) is 91.2 cm³/mol. The molecule has 8 heteroatoms. The standard InChI is InChI=1S/C18H23FN4O3/c1-22(11-13-5-7-14(19)8-6-13)12-15(24)21-23-16(25)18(20-17(23)26)9-3-2-4-10-18/h5-8H,2-4,9-12H2,1H3,(H,20,26)(H,21,24)/p+1. The molecule has 1 heterocycles. The highest BCUT2D eigenvalue weighted by atomic mass is 19.1. The normalized spacial score (nSPS) is 20.2. The molecule has 1 aromatic rings. The van der Waals surface area contributed by atoms with Gasteiger partial charge in [0.25, 0.3) is 11.8 Å². The topological polar surface area (TPSA) is 82.9 Å². The largest absolute Gasteiger partial charge is 0.344 e. The molecule has 140 valence electrons. The van der Waals surface area contributed by atoms with Gasteiger partial charge in [-0.2, -0.15) is 5.01 Å². The first-order valence-electron chi connectivity index (χ1n) is 8.91. The van der Waals surface area contributed by atoms with Crippen LogP contribution in [0.1, 0.15) is 37.7 Å². The van der Waals surface area contributed by atoms with Crippen LogP contribution in [0.2, 0.25) is 0 Å². The molecule has 0 radical (unpaired) electrons. The number of hydrogen-bond acceptors (Lipinski definition) is 3. The molecule has 1 spiro atoms. The molecule has 26 heavy (non-hydrogen) atoms. The van der Waals surface area contributed by atoms with Crippen LogP contribution >= 0.6 is 0 Å². The maximum Gasteiger partial charge on any atom is 0.344 e. The molecular formula is C18H24FN4O3+. The molecule has 4 amide bonds. The molecule has 3 N–H and O–H groups in total. The number of imide groups is 1. The van der Waals surface area contributed by atoms with Crippen LogP contribution in [0, 0.1) is 5.82 Å². The van der Waals surface area contributed by atoms with E-state index in [2.05, 4.69) is 10.7 Å². The zero-order valence-electron chi connectivity index (χ0n) is 14.8. The Kier molecular flexibility index (Phi) is 5.22. The fourth-order valence-corrected chi connectivity index (χ4v) is 3.67. The summed E-state index contributed by atoms with van der Waals surface area (Å²) >= 11 is 0. The SMILES string of the molecule is C[NH+](CC(=O)NN1C(=O)NC2(CCCCC2)C1=O)Cc1ccc(F)cc1. The van der Waals surface area contributed by atoms with Gasteiger partial charge in [0.05, 0.1) is 7.05 Å². The van der Waals surface area contributed by atoms with Crippen LogP contribution in [-0.4, -0.2) is 42.0 Å². The van der Waals surface area contributed by atoms with E-state index in [-0.39, 0.29) is 18.3 Å². The van der Waals surface area contributed by atoms with E-state index in [1.807, 2.05) is 7.05 Å². The maximum absolute atomic E-state index is 12.9. The van der Waals surface area contributed by atoms with E-state index in [4.69, 9.17) is 0 Å². The van der Waals surface area contributed by atoms with Gasteiger partial charge in [0, 0.05) is 5.56 Å². The van der Waals surface area contributed by atoms with E-state index < -0.39 is 17.5 Å². The molecule has 1 aromatic carbocycles. The molecule has 3 rings (SSSR count). The second-order valence-corrected chi connectivity index (χ2v) is 7.19. The van der Waals surface area contributed by atoms with Gasteiger partial charge in [-0.25, -0.2) is 9.18 Å². The van der Waals surface area contributed by atoms with Gasteiger partial charge in [0.1, 0.15) is 17.9 Å². The number of nitrogens with zero attached hydrogens (tertiary/aromatic N) is 1. The van der Waals surface area contributed by atoms with Crippen molar-refractivity contribution in [2.24, 2.45) is 0 Å². The van der Waals surface area contributed by atoms with Crippen molar-refractivity contribution in [3.63, 3.8) is 0 Å². The number of likely N-dealkylation sites (N-methyl/N-ethyl adjacent to an activating group) is 1. The van der Waals surface area contributed by atoms with Crippen LogP contribution in [0.4, 0.5) is 9.18 Å².